The normalized spacial score (nSPS) is 14.2. The van der Waals surface area contributed by atoms with Gasteiger partial charge < -0.3 is 24.6 Å². The molecule has 0 radical (unpaired) electrons. The Bertz CT molecular complexity index is 783. The van der Waals surface area contributed by atoms with Crippen LogP contribution in [0.15, 0.2) is 53.7 Å². The van der Waals surface area contributed by atoms with Crippen molar-refractivity contribution in [2.45, 2.75) is 19.9 Å². The van der Waals surface area contributed by atoms with Gasteiger partial charge in [0.2, 0.25) is 0 Å². The molecule has 0 aliphatic carbocycles. The maximum atomic E-state index is 5.81. The first kappa shape index (κ1) is 25.2. The number of aliphatic imine (C=N–C) groups is 1. The molecule has 0 bridgehead atoms. The van der Waals surface area contributed by atoms with Crippen LogP contribution in [-0.4, -0.2) is 68.9 Å². The maximum Gasteiger partial charge on any atom is 0.194 e. The van der Waals surface area contributed by atoms with E-state index in [0.717, 1.165) is 62.2 Å². The third kappa shape index (κ3) is 8.17. The Hall–Kier alpha value is -2.07. The van der Waals surface area contributed by atoms with Crippen LogP contribution in [0.5, 0.6) is 5.75 Å². The van der Waals surface area contributed by atoms with Crippen molar-refractivity contribution in [1.82, 2.24) is 15.2 Å². The summed E-state index contributed by atoms with van der Waals surface area (Å²) in [5, 5.41) is 3.44. The number of benzene rings is 1. The standard InChI is InChI=1S/C23H33N5O2.HI/c1-3-24-23(28-14-12-27(13-15-28)22-10-4-5-11-25-22)26-19-20-8-6-9-21(18-20)30-17-7-16-29-2;/h4-6,8-11,18H,3,7,12-17,19H2,1-2H3,(H,24,26);1H. The Kier molecular flexibility index (Phi) is 11.4. The molecule has 1 aromatic carbocycles. The molecule has 0 atom stereocenters. The largest absolute Gasteiger partial charge is 0.493 e. The van der Waals surface area contributed by atoms with Crippen molar-refractivity contribution in [3.8, 4) is 5.75 Å². The molecule has 2 aromatic rings. The summed E-state index contributed by atoms with van der Waals surface area (Å²) in [6, 6.07) is 14.2. The molecule has 31 heavy (non-hydrogen) atoms. The van der Waals surface area contributed by atoms with Gasteiger partial charge in [-0.25, -0.2) is 9.98 Å². The fraction of sp³-hybridized carbons (Fsp3) is 0.478. The van der Waals surface area contributed by atoms with E-state index in [1.54, 1.807) is 7.11 Å². The minimum Gasteiger partial charge on any atom is -0.493 e. The van der Waals surface area contributed by atoms with Crippen LogP contribution in [0, 0.1) is 0 Å². The number of methoxy groups -OCH3 is 1. The molecule has 0 amide bonds. The SMILES string of the molecule is CCNC(=NCc1cccc(OCCCOC)c1)N1CCN(c2ccccn2)CC1.I. The number of pyridine rings is 1. The summed E-state index contributed by atoms with van der Waals surface area (Å²) in [5.41, 5.74) is 1.14. The van der Waals surface area contributed by atoms with Crippen LogP contribution in [0.3, 0.4) is 0 Å². The van der Waals surface area contributed by atoms with Gasteiger partial charge in [-0.2, -0.15) is 0 Å². The molecule has 8 heteroatoms. The van der Waals surface area contributed by atoms with Gasteiger partial charge in [-0.1, -0.05) is 18.2 Å². The number of hydrogen-bond acceptors (Lipinski definition) is 5. The second-order valence-electron chi connectivity index (χ2n) is 7.17. The molecule has 1 saturated heterocycles. The fourth-order valence-corrected chi connectivity index (χ4v) is 3.41. The molecule has 1 N–H and O–H groups in total. The summed E-state index contributed by atoms with van der Waals surface area (Å²) in [6.07, 6.45) is 2.73. The monoisotopic (exact) mass is 539 g/mol. The van der Waals surface area contributed by atoms with E-state index in [0.29, 0.717) is 19.8 Å². The van der Waals surface area contributed by atoms with Crippen LogP contribution < -0.4 is 15.0 Å². The van der Waals surface area contributed by atoms with Gasteiger partial charge in [-0.3, -0.25) is 0 Å². The van der Waals surface area contributed by atoms with E-state index in [1.807, 2.05) is 30.5 Å². The number of aromatic nitrogens is 1. The van der Waals surface area contributed by atoms with Crippen LogP contribution in [0.25, 0.3) is 0 Å². The Morgan fingerprint density at radius 3 is 2.65 bits per heavy atom. The maximum absolute atomic E-state index is 5.81. The lowest BCUT2D eigenvalue weighted by atomic mass is 10.2. The summed E-state index contributed by atoms with van der Waals surface area (Å²) in [7, 11) is 1.71. The van der Waals surface area contributed by atoms with E-state index in [2.05, 4.69) is 45.2 Å². The smallest absolute Gasteiger partial charge is 0.194 e. The molecule has 2 heterocycles. The molecule has 1 aromatic heterocycles. The van der Waals surface area contributed by atoms with Crippen LogP contribution in [0.2, 0.25) is 0 Å². The van der Waals surface area contributed by atoms with Gasteiger partial charge in [0, 0.05) is 59.1 Å². The molecule has 0 unspecified atom stereocenters. The van der Waals surface area contributed by atoms with Crippen LogP contribution in [-0.2, 0) is 11.3 Å². The van der Waals surface area contributed by atoms with Crippen LogP contribution in [0.1, 0.15) is 18.9 Å². The second-order valence-corrected chi connectivity index (χ2v) is 7.17. The third-order valence-corrected chi connectivity index (χ3v) is 4.96. The molecule has 1 aliphatic heterocycles. The van der Waals surface area contributed by atoms with Gasteiger partial charge >= 0.3 is 0 Å². The number of anilines is 1. The van der Waals surface area contributed by atoms with Crippen molar-refractivity contribution < 1.29 is 9.47 Å². The summed E-state index contributed by atoms with van der Waals surface area (Å²) in [6.45, 7) is 8.66. The molecule has 3 rings (SSSR count). The van der Waals surface area contributed by atoms with Crippen molar-refractivity contribution in [3.63, 3.8) is 0 Å². The van der Waals surface area contributed by atoms with Gasteiger partial charge in [0.25, 0.3) is 0 Å². The Labute approximate surface area is 202 Å². The zero-order chi connectivity index (χ0) is 21.0. The van der Waals surface area contributed by atoms with Crippen molar-refractivity contribution in [2.75, 3.05) is 57.9 Å². The van der Waals surface area contributed by atoms with E-state index >= 15 is 0 Å². The Morgan fingerprint density at radius 1 is 1.10 bits per heavy atom. The number of piperazine rings is 1. The minimum atomic E-state index is 0. The third-order valence-electron chi connectivity index (χ3n) is 4.96. The molecule has 1 fully saturated rings. The molecule has 0 spiro atoms. The van der Waals surface area contributed by atoms with Gasteiger partial charge in [-0.15, -0.1) is 24.0 Å². The van der Waals surface area contributed by atoms with Crippen molar-refractivity contribution >= 4 is 35.8 Å². The van der Waals surface area contributed by atoms with E-state index in [9.17, 15) is 0 Å². The van der Waals surface area contributed by atoms with Gasteiger partial charge in [0.1, 0.15) is 11.6 Å². The number of nitrogens with zero attached hydrogens (tertiary/aromatic N) is 4. The molecular formula is C23H34IN5O2. The lowest BCUT2D eigenvalue weighted by Gasteiger charge is -2.37. The van der Waals surface area contributed by atoms with Crippen LogP contribution in [0.4, 0.5) is 5.82 Å². The first-order valence-corrected chi connectivity index (χ1v) is 10.7. The van der Waals surface area contributed by atoms with E-state index in [4.69, 9.17) is 14.5 Å². The number of hydrogen-bond donors (Lipinski definition) is 1. The highest BCUT2D eigenvalue weighted by Gasteiger charge is 2.20. The van der Waals surface area contributed by atoms with Gasteiger partial charge in [0.05, 0.1) is 13.2 Å². The number of ether oxygens (including phenoxy) is 2. The lowest BCUT2D eigenvalue weighted by molar-refractivity contribution is 0.172. The van der Waals surface area contributed by atoms with Crippen molar-refractivity contribution in [3.05, 3.63) is 54.2 Å². The zero-order valence-corrected chi connectivity index (χ0v) is 20.8. The van der Waals surface area contributed by atoms with Gasteiger partial charge in [0.15, 0.2) is 5.96 Å². The van der Waals surface area contributed by atoms with Gasteiger partial charge in [-0.05, 0) is 36.8 Å². The van der Waals surface area contributed by atoms with Crippen molar-refractivity contribution in [1.29, 1.82) is 0 Å². The van der Waals surface area contributed by atoms with E-state index in [1.165, 1.54) is 0 Å². The Balaban J connectivity index is 0.00000341. The highest BCUT2D eigenvalue weighted by molar-refractivity contribution is 14.0. The summed E-state index contributed by atoms with van der Waals surface area (Å²) >= 11 is 0. The Morgan fingerprint density at radius 2 is 1.94 bits per heavy atom. The summed E-state index contributed by atoms with van der Waals surface area (Å²) in [4.78, 5) is 14.0. The van der Waals surface area contributed by atoms with Crippen molar-refractivity contribution in [2.24, 2.45) is 4.99 Å². The zero-order valence-electron chi connectivity index (χ0n) is 18.5. The summed E-state index contributed by atoms with van der Waals surface area (Å²) < 4.78 is 10.9. The average Bonchev–Trinajstić information content (AvgIpc) is 2.80. The average molecular weight is 539 g/mol. The molecule has 0 saturated carbocycles. The minimum absolute atomic E-state index is 0. The predicted octanol–water partition coefficient (Wildman–Crippen LogP) is 3.40. The number of nitrogens with one attached hydrogen (secondary N) is 1. The second kappa shape index (κ2) is 14.1. The molecule has 7 nitrogen and oxygen atoms in total. The number of rotatable bonds is 9. The first-order chi connectivity index (χ1) is 14.8. The molecular weight excluding hydrogens is 505 g/mol. The fourth-order valence-electron chi connectivity index (χ4n) is 3.41. The predicted molar refractivity (Wildman–Crippen MR) is 137 cm³/mol. The quantitative estimate of drug-likeness (QED) is 0.228. The summed E-state index contributed by atoms with van der Waals surface area (Å²) in [5.74, 6) is 2.89. The molecule has 1 aliphatic rings. The first-order valence-electron chi connectivity index (χ1n) is 10.7. The lowest BCUT2D eigenvalue weighted by Crippen LogP contribution is -2.52. The highest BCUT2D eigenvalue weighted by atomic mass is 127. The van der Waals surface area contributed by atoms with Crippen LogP contribution >= 0.6 is 24.0 Å². The topological polar surface area (TPSA) is 62.2 Å². The number of halogens is 1. The molecule has 170 valence electrons. The number of guanidine groups is 1. The van der Waals surface area contributed by atoms with E-state index < -0.39 is 0 Å². The van der Waals surface area contributed by atoms with E-state index in [-0.39, 0.29) is 24.0 Å². The highest BCUT2D eigenvalue weighted by Crippen LogP contribution is 2.16.